The smallest absolute Gasteiger partial charge is 0.264 e. The third-order valence-electron chi connectivity index (χ3n) is 6.27. The Balaban J connectivity index is 1.56. The highest BCUT2D eigenvalue weighted by Crippen LogP contribution is 2.42. The number of hydrogen-bond acceptors (Lipinski definition) is 4. The van der Waals surface area contributed by atoms with Crippen molar-refractivity contribution >= 4 is 21.2 Å². The van der Waals surface area contributed by atoms with Crippen LogP contribution in [0.4, 0.5) is 5.69 Å². The van der Waals surface area contributed by atoms with E-state index in [9.17, 15) is 8.42 Å². The molecule has 170 valence electrons. The number of sulfonamides is 1. The summed E-state index contributed by atoms with van der Waals surface area (Å²) >= 11 is 0. The van der Waals surface area contributed by atoms with Gasteiger partial charge in [0.05, 0.1) is 21.8 Å². The summed E-state index contributed by atoms with van der Waals surface area (Å²) in [6, 6.07) is 22.6. The zero-order valence-electron chi connectivity index (χ0n) is 19.0. The minimum absolute atomic E-state index is 0.253. The number of anilines is 1. The standard InChI is InChI=1S/C26H27N3O3S/c1-19-9-12-22(13-10-19)33(30,31)28-16-15-26(2,3)25-23(28)14-11-21-17-24(27-29(21)25)32-18-20-7-5-4-6-8-20/h4-14,17H,15-16,18H2,1-3H3. The van der Waals surface area contributed by atoms with Gasteiger partial charge < -0.3 is 4.74 Å². The number of nitrogens with zero attached hydrogens (tertiary/aromatic N) is 3. The van der Waals surface area contributed by atoms with Crippen LogP contribution in [-0.4, -0.2) is 24.6 Å². The second-order valence-electron chi connectivity index (χ2n) is 9.18. The quantitative estimate of drug-likeness (QED) is 0.415. The van der Waals surface area contributed by atoms with Gasteiger partial charge in [0, 0.05) is 18.0 Å². The van der Waals surface area contributed by atoms with E-state index in [1.165, 1.54) is 4.31 Å². The molecule has 2 aromatic carbocycles. The summed E-state index contributed by atoms with van der Waals surface area (Å²) < 4.78 is 36.4. The fourth-order valence-corrected chi connectivity index (χ4v) is 5.84. The molecule has 0 N–H and O–H groups in total. The lowest BCUT2D eigenvalue weighted by Crippen LogP contribution is -2.42. The molecular formula is C26H27N3O3S. The summed E-state index contributed by atoms with van der Waals surface area (Å²) in [6.45, 7) is 7.05. The molecule has 1 aliphatic heterocycles. The molecule has 4 aromatic rings. The van der Waals surface area contributed by atoms with Crippen molar-refractivity contribution in [3.8, 4) is 5.88 Å². The lowest BCUT2D eigenvalue weighted by molar-refractivity contribution is 0.291. The molecule has 0 unspecified atom stereocenters. The number of hydrogen-bond donors (Lipinski definition) is 0. The number of fused-ring (bicyclic) bond motifs is 3. The van der Waals surface area contributed by atoms with Crippen molar-refractivity contribution in [3.63, 3.8) is 0 Å². The maximum atomic E-state index is 13.5. The molecule has 0 saturated heterocycles. The number of rotatable bonds is 5. The van der Waals surface area contributed by atoms with Gasteiger partial charge in [-0.05, 0) is 43.2 Å². The number of pyridine rings is 1. The zero-order chi connectivity index (χ0) is 23.2. The molecule has 1 aliphatic rings. The maximum absolute atomic E-state index is 13.5. The number of ether oxygens (including phenoxy) is 1. The summed E-state index contributed by atoms with van der Waals surface area (Å²) in [4.78, 5) is 0.297. The molecule has 0 spiro atoms. The first-order chi connectivity index (χ1) is 15.8. The van der Waals surface area contributed by atoms with Crippen LogP contribution in [0.5, 0.6) is 5.88 Å². The van der Waals surface area contributed by atoms with Crippen LogP contribution in [0.2, 0.25) is 0 Å². The largest absolute Gasteiger partial charge is 0.472 e. The predicted molar refractivity (Wildman–Crippen MR) is 129 cm³/mol. The van der Waals surface area contributed by atoms with Crippen LogP contribution in [0.3, 0.4) is 0 Å². The molecule has 0 aliphatic carbocycles. The van der Waals surface area contributed by atoms with Crippen LogP contribution in [0, 0.1) is 6.92 Å². The Hall–Kier alpha value is -3.32. The van der Waals surface area contributed by atoms with E-state index in [2.05, 4.69) is 13.8 Å². The maximum Gasteiger partial charge on any atom is 0.264 e. The van der Waals surface area contributed by atoms with E-state index < -0.39 is 10.0 Å². The van der Waals surface area contributed by atoms with E-state index >= 15 is 0 Å². The normalized spacial score (nSPS) is 15.4. The highest BCUT2D eigenvalue weighted by molar-refractivity contribution is 7.92. The minimum atomic E-state index is -3.69. The Morgan fingerprint density at radius 3 is 2.45 bits per heavy atom. The van der Waals surface area contributed by atoms with Gasteiger partial charge in [-0.2, -0.15) is 0 Å². The van der Waals surface area contributed by atoms with Crippen LogP contribution in [0.25, 0.3) is 5.52 Å². The first-order valence-electron chi connectivity index (χ1n) is 11.1. The highest BCUT2D eigenvalue weighted by atomic mass is 32.2. The van der Waals surface area contributed by atoms with Crippen LogP contribution in [-0.2, 0) is 22.0 Å². The van der Waals surface area contributed by atoms with E-state index in [1.54, 1.807) is 12.1 Å². The van der Waals surface area contributed by atoms with E-state index in [1.807, 2.05) is 72.1 Å². The first kappa shape index (κ1) is 21.5. The summed E-state index contributed by atoms with van der Waals surface area (Å²) in [5, 5.41) is 4.71. The Morgan fingerprint density at radius 2 is 1.73 bits per heavy atom. The molecule has 5 rings (SSSR count). The molecular weight excluding hydrogens is 434 g/mol. The lowest BCUT2D eigenvalue weighted by atomic mass is 9.82. The van der Waals surface area contributed by atoms with E-state index in [4.69, 9.17) is 9.84 Å². The molecule has 0 atom stereocenters. The van der Waals surface area contributed by atoms with Crippen molar-refractivity contribution in [2.24, 2.45) is 0 Å². The number of aryl methyl sites for hydroxylation is 1. The van der Waals surface area contributed by atoms with Crippen molar-refractivity contribution in [1.82, 2.24) is 9.61 Å². The summed E-state index contributed by atoms with van der Waals surface area (Å²) in [5.41, 5.74) is 4.24. The van der Waals surface area contributed by atoms with Crippen LogP contribution >= 0.6 is 0 Å². The third kappa shape index (κ3) is 3.86. The Labute approximate surface area is 194 Å². The topological polar surface area (TPSA) is 63.9 Å². The molecule has 0 radical (unpaired) electrons. The molecule has 0 bridgehead atoms. The van der Waals surface area contributed by atoms with Crippen LogP contribution < -0.4 is 9.04 Å². The van der Waals surface area contributed by atoms with Gasteiger partial charge in [0.15, 0.2) is 0 Å². The fourth-order valence-electron chi connectivity index (χ4n) is 4.37. The van der Waals surface area contributed by atoms with Crippen molar-refractivity contribution < 1.29 is 13.2 Å². The highest BCUT2D eigenvalue weighted by Gasteiger charge is 2.39. The predicted octanol–water partition coefficient (Wildman–Crippen LogP) is 5.10. The van der Waals surface area contributed by atoms with Gasteiger partial charge in [0.1, 0.15) is 6.61 Å². The molecule has 3 heterocycles. The van der Waals surface area contributed by atoms with E-state index in [0.717, 1.165) is 22.3 Å². The second-order valence-corrected chi connectivity index (χ2v) is 11.0. The van der Waals surface area contributed by atoms with Gasteiger partial charge in [-0.1, -0.05) is 61.9 Å². The van der Waals surface area contributed by atoms with Crippen LogP contribution in [0.1, 0.15) is 37.1 Å². The lowest BCUT2D eigenvalue weighted by Gasteiger charge is -2.39. The molecule has 33 heavy (non-hydrogen) atoms. The second kappa shape index (κ2) is 7.92. The minimum Gasteiger partial charge on any atom is -0.472 e. The van der Waals surface area contributed by atoms with Gasteiger partial charge in [-0.25, -0.2) is 12.9 Å². The molecule has 0 amide bonds. The van der Waals surface area contributed by atoms with Crippen molar-refractivity contribution in [2.75, 3.05) is 10.8 Å². The zero-order valence-corrected chi connectivity index (χ0v) is 19.8. The average molecular weight is 462 g/mol. The molecule has 6 nitrogen and oxygen atoms in total. The van der Waals surface area contributed by atoms with Gasteiger partial charge in [0.2, 0.25) is 5.88 Å². The van der Waals surface area contributed by atoms with E-state index in [0.29, 0.717) is 36.0 Å². The van der Waals surface area contributed by atoms with Crippen molar-refractivity contribution in [1.29, 1.82) is 0 Å². The molecule has 7 heteroatoms. The van der Waals surface area contributed by atoms with Gasteiger partial charge in [0.25, 0.3) is 10.0 Å². The van der Waals surface area contributed by atoms with Crippen molar-refractivity contribution in [2.45, 2.75) is 44.1 Å². The first-order valence-corrected chi connectivity index (χ1v) is 12.5. The fraction of sp³-hybridized carbons (Fsp3) is 0.269. The Bertz CT molecular complexity index is 1410. The van der Waals surface area contributed by atoms with Gasteiger partial charge in [-0.15, -0.1) is 5.10 Å². The monoisotopic (exact) mass is 461 g/mol. The van der Waals surface area contributed by atoms with Gasteiger partial charge >= 0.3 is 0 Å². The summed E-state index contributed by atoms with van der Waals surface area (Å²) in [6.07, 6.45) is 0.685. The number of benzene rings is 2. The molecule has 0 saturated carbocycles. The SMILES string of the molecule is Cc1ccc(S(=O)(=O)N2CCC(C)(C)c3c2ccc2cc(OCc4ccccc4)nn32)cc1. The van der Waals surface area contributed by atoms with Crippen molar-refractivity contribution in [3.05, 3.63) is 89.6 Å². The Kier molecular flexibility index (Phi) is 5.16. The van der Waals surface area contributed by atoms with Gasteiger partial charge in [-0.3, -0.25) is 4.31 Å². The average Bonchev–Trinajstić information content (AvgIpc) is 3.21. The molecule has 2 aromatic heterocycles. The third-order valence-corrected chi connectivity index (χ3v) is 8.10. The molecule has 0 fully saturated rings. The van der Waals surface area contributed by atoms with E-state index in [-0.39, 0.29) is 5.41 Å². The summed E-state index contributed by atoms with van der Waals surface area (Å²) in [7, 11) is -3.69. The van der Waals surface area contributed by atoms with Crippen LogP contribution in [0.15, 0.2) is 77.7 Å². The summed E-state index contributed by atoms with van der Waals surface area (Å²) in [5.74, 6) is 0.515. The Morgan fingerprint density at radius 1 is 1.00 bits per heavy atom. The number of aromatic nitrogens is 2.